The maximum Gasteiger partial charge on any atom is -0.0348 e. The standard InChI is InChI=1S/C9H18/c1-4-6-7-8-9(3)5-2/h8H,4-7H2,1-3H3. The second kappa shape index (κ2) is 5.87. The van der Waals surface area contributed by atoms with Crippen molar-refractivity contribution < 1.29 is 0 Å². The number of hydrogen-bond acceptors (Lipinski definition) is 0. The van der Waals surface area contributed by atoms with Crippen molar-refractivity contribution in [3.05, 3.63) is 11.6 Å². The first-order valence-corrected chi connectivity index (χ1v) is 3.96. The summed E-state index contributed by atoms with van der Waals surface area (Å²) in [5.74, 6) is 0. The summed E-state index contributed by atoms with van der Waals surface area (Å²) in [6.07, 6.45) is 7.49. The van der Waals surface area contributed by atoms with Gasteiger partial charge in [-0.25, -0.2) is 0 Å². The van der Waals surface area contributed by atoms with Gasteiger partial charge in [0.15, 0.2) is 0 Å². The molecule has 0 saturated carbocycles. The largest absolute Gasteiger partial charge is 0.0856 e. The van der Waals surface area contributed by atoms with Crippen molar-refractivity contribution in [3.8, 4) is 0 Å². The molecular formula is C9H18. The van der Waals surface area contributed by atoms with E-state index in [1.165, 1.54) is 31.3 Å². The first-order valence-electron chi connectivity index (χ1n) is 3.96. The van der Waals surface area contributed by atoms with Gasteiger partial charge in [-0.1, -0.05) is 38.3 Å². The van der Waals surface area contributed by atoms with Crippen molar-refractivity contribution in [3.63, 3.8) is 0 Å². The molecule has 0 aromatic heterocycles. The predicted octanol–water partition coefficient (Wildman–Crippen LogP) is 3.53. The first kappa shape index (κ1) is 8.74. The molecule has 0 saturated heterocycles. The molecule has 0 atom stereocenters. The van der Waals surface area contributed by atoms with Gasteiger partial charge in [0.25, 0.3) is 0 Å². The van der Waals surface area contributed by atoms with E-state index in [9.17, 15) is 0 Å². The Morgan fingerprint density at radius 1 is 1.33 bits per heavy atom. The van der Waals surface area contributed by atoms with Crippen LogP contribution in [0.5, 0.6) is 0 Å². The molecule has 0 aromatic carbocycles. The molecule has 0 heteroatoms. The minimum Gasteiger partial charge on any atom is -0.0856 e. The fourth-order valence-electron chi connectivity index (χ4n) is 0.697. The van der Waals surface area contributed by atoms with E-state index in [1.54, 1.807) is 0 Å². The smallest absolute Gasteiger partial charge is 0.0348 e. The molecule has 0 aliphatic carbocycles. The van der Waals surface area contributed by atoms with Crippen molar-refractivity contribution in [2.45, 2.75) is 46.5 Å². The quantitative estimate of drug-likeness (QED) is 0.399. The van der Waals surface area contributed by atoms with Gasteiger partial charge >= 0.3 is 0 Å². The average Bonchev–Trinajstić information content (AvgIpc) is 1.89. The molecule has 0 aromatic rings. The molecule has 0 N–H and O–H groups in total. The van der Waals surface area contributed by atoms with Gasteiger partial charge in [0, 0.05) is 0 Å². The van der Waals surface area contributed by atoms with Gasteiger partial charge in [-0.2, -0.15) is 0 Å². The Morgan fingerprint density at radius 3 is 2.44 bits per heavy atom. The van der Waals surface area contributed by atoms with E-state index < -0.39 is 0 Å². The maximum atomic E-state index is 2.35. The minimum absolute atomic E-state index is 1.21. The zero-order valence-corrected chi connectivity index (χ0v) is 6.91. The fraction of sp³-hybridized carbons (Fsp3) is 0.778. The monoisotopic (exact) mass is 126 g/mol. The number of unbranched alkanes of at least 4 members (excludes halogenated alkanes) is 2. The van der Waals surface area contributed by atoms with Crippen LogP contribution in [-0.4, -0.2) is 0 Å². The van der Waals surface area contributed by atoms with E-state index in [-0.39, 0.29) is 0 Å². The highest BCUT2D eigenvalue weighted by atomic mass is 13.9. The third-order valence-corrected chi connectivity index (χ3v) is 1.61. The molecule has 0 nitrogen and oxygen atoms in total. The Hall–Kier alpha value is -0.260. The summed E-state index contributed by atoms with van der Waals surface area (Å²) < 4.78 is 0. The second-order valence-electron chi connectivity index (χ2n) is 2.55. The van der Waals surface area contributed by atoms with Gasteiger partial charge in [0.2, 0.25) is 0 Å². The summed E-state index contributed by atoms with van der Waals surface area (Å²) in [6.45, 7) is 6.64. The van der Waals surface area contributed by atoms with E-state index in [0.717, 1.165) is 0 Å². The van der Waals surface area contributed by atoms with E-state index >= 15 is 0 Å². The Morgan fingerprint density at radius 2 is 2.00 bits per heavy atom. The summed E-state index contributed by atoms with van der Waals surface area (Å²) in [4.78, 5) is 0. The number of rotatable bonds is 4. The minimum atomic E-state index is 1.21. The van der Waals surface area contributed by atoms with Gasteiger partial charge in [0.1, 0.15) is 0 Å². The maximum absolute atomic E-state index is 2.35. The number of allylic oxidation sites excluding steroid dienone is 2. The Bertz CT molecular complexity index is 80.0. The van der Waals surface area contributed by atoms with Crippen LogP contribution >= 0.6 is 0 Å². The molecule has 0 aliphatic rings. The van der Waals surface area contributed by atoms with Crippen LogP contribution in [0.25, 0.3) is 0 Å². The molecule has 0 aliphatic heterocycles. The summed E-state index contributed by atoms with van der Waals surface area (Å²) >= 11 is 0. The number of hydrogen-bond donors (Lipinski definition) is 0. The Balaban J connectivity index is 3.21. The lowest BCUT2D eigenvalue weighted by Crippen LogP contribution is -1.72. The normalized spacial score (nSPS) is 12.1. The van der Waals surface area contributed by atoms with Crippen molar-refractivity contribution in [1.82, 2.24) is 0 Å². The molecule has 54 valence electrons. The molecule has 0 rings (SSSR count). The van der Waals surface area contributed by atoms with Crippen LogP contribution in [0.1, 0.15) is 46.5 Å². The molecule has 0 fully saturated rings. The molecular weight excluding hydrogens is 108 g/mol. The lowest BCUT2D eigenvalue weighted by molar-refractivity contribution is 0.807. The third kappa shape index (κ3) is 5.61. The molecule has 0 spiro atoms. The van der Waals surface area contributed by atoms with Crippen molar-refractivity contribution >= 4 is 0 Å². The van der Waals surface area contributed by atoms with Gasteiger partial charge in [-0.05, 0) is 19.8 Å². The summed E-state index contributed by atoms with van der Waals surface area (Å²) in [5, 5.41) is 0. The van der Waals surface area contributed by atoms with Gasteiger partial charge in [-0.15, -0.1) is 0 Å². The van der Waals surface area contributed by atoms with Crippen molar-refractivity contribution in [2.24, 2.45) is 0 Å². The van der Waals surface area contributed by atoms with Gasteiger partial charge in [-0.3, -0.25) is 0 Å². The predicted molar refractivity (Wildman–Crippen MR) is 43.6 cm³/mol. The molecule has 0 radical (unpaired) electrons. The Labute approximate surface area is 59.0 Å². The van der Waals surface area contributed by atoms with E-state index in [0.29, 0.717) is 0 Å². The van der Waals surface area contributed by atoms with Crippen molar-refractivity contribution in [2.75, 3.05) is 0 Å². The SMILES string of the molecule is CCCCC=C(C)CC. The van der Waals surface area contributed by atoms with Crippen LogP contribution in [0.2, 0.25) is 0 Å². The summed E-state index contributed by atoms with van der Waals surface area (Å²) in [6, 6.07) is 0. The van der Waals surface area contributed by atoms with Crippen LogP contribution in [0.4, 0.5) is 0 Å². The molecule has 0 bridgehead atoms. The molecule has 0 heterocycles. The van der Waals surface area contributed by atoms with Crippen LogP contribution in [-0.2, 0) is 0 Å². The zero-order valence-electron chi connectivity index (χ0n) is 6.91. The Kier molecular flexibility index (Phi) is 5.70. The molecule has 9 heavy (non-hydrogen) atoms. The lowest BCUT2D eigenvalue weighted by Gasteiger charge is -1.93. The lowest BCUT2D eigenvalue weighted by atomic mass is 10.1. The van der Waals surface area contributed by atoms with Crippen molar-refractivity contribution in [1.29, 1.82) is 0 Å². The highest BCUT2D eigenvalue weighted by Crippen LogP contribution is 2.02. The van der Waals surface area contributed by atoms with Gasteiger partial charge < -0.3 is 0 Å². The van der Waals surface area contributed by atoms with Crippen LogP contribution < -0.4 is 0 Å². The topological polar surface area (TPSA) is 0 Å². The fourth-order valence-corrected chi connectivity index (χ4v) is 0.697. The highest BCUT2D eigenvalue weighted by molar-refractivity contribution is 4.96. The van der Waals surface area contributed by atoms with Crippen LogP contribution in [0.3, 0.4) is 0 Å². The van der Waals surface area contributed by atoms with E-state index in [1.807, 2.05) is 0 Å². The first-order chi connectivity index (χ1) is 4.31. The second-order valence-corrected chi connectivity index (χ2v) is 2.55. The third-order valence-electron chi connectivity index (χ3n) is 1.61. The average molecular weight is 126 g/mol. The van der Waals surface area contributed by atoms with E-state index in [4.69, 9.17) is 0 Å². The van der Waals surface area contributed by atoms with E-state index in [2.05, 4.69) is 26.8 Å². The summed E-state index contributed by atoms with van der Waals surface area (Å²) in [5.41, 5.74) is 1.53. The zero-order chi connectivity index (χ0) is 7.11. The molecule has 0 amide bonds. The molecule has 0 unspecified atom stereocenters. The summed E-state index contributed by atoms with van der Waals surface area (Å²) in [7, 11) is 0. The van der Waals surface area contributed by atoms with Gasteiger partial charge in [0.05, 0.1) is 0 Å². The highest BCUT2D eigenvalue weighted by Gasteiger charge is 1.82. The van der Waals surface area contributed by atoms with Crippen LogP contribution in [0, 0.1) is 0 Å². The van der Waals surface area contributed by atoms with Crippen LogP contribution in [0.15, 0.2) is 11.6 Å².